The van der Waals surface area contributed by atoms with Crippen LogP contribution >= 0.6 is 23.4 Å². The van der Waals surface area contributed by atoms with Crippen LogP contribution in [0.1, 0.15) is 5.56 Å². The van der Waals surface area contributed by atoms with Crippen LogP contribution in [0.5, 0.6) is 5.75 Å². The molecule has 2 aliphatic heterocycles. The molecule has 1 aromatic rings. The SMILES string of the molecule is O=C(NC1=NCCS1)[C@H]1Cc2cc(Cl)ccc2O1. The number of hydrogen-bond donors (Lipinski definition) is 1. The third-order valence-electron chi connectivity index (χ3n) is 2.81. The lowest BCUT2D eigenvalue weighted by molar-refractivity contribution is -0.125. The molecule has 18 heavy (non-hydrogen) atoms. The minimum atomic E-state index is -0.484. The van der Waals surface area contributed by atoms with Crippen molar-refractivity contribution < 1.29 is 9.53 Å². The molecule has 3 rings (SSSR count). The maximum absolute atomic E-state index is 12.0. The van der Waals surface area contributed by atoms with Crippen molar-refractivity contribution in [3.63, 3.8) is 0 Å². The van der Waals surface area contributed by atoms with Crippen molar-refractivity contribution in [2.24, 2.45) is 4.99 Å². The van der Waals surface area contributed by atoms with E-state index in [1.807, 2.05) is 6.07 Å². The summed E-state index contributed by atoms with van der Waals surface area (Å²) >= 11 is 7.47. The number of hydrogen-bond acceptors (Lipinski definition) is 4. The molecule has 0 aliphatic carbocycles. The number of carbonyl (C=O) groups is 1. The van der Waals surface area contributed by atoms with Gasteiger partial charge in [-0.15, -0.1) is 0 Å². The second-order valence-corrected chi connectivity index (χ2v) is 5.61. The Morgan fingerprint density at radius 3 is 3.22 bits per heavy atom. The summed E-state index contributed by atoms with van der Waals surface area (Å²) in [5, 5.41) is 4.14. The van der Waals surface area contributed by atoms with Crippen LogP contribution in [-0.4, -0.2) is 29.5 Å². The van der Waals surface area contributed by atoms with Crippen LogP contribution in [0.4, 0.5) is 0 Å². The normalized spacial score (nSPS) is 21.2. The summed E-state index contributed by atoms with van der Waals surface area (Å²) in [7, 11) is 0. The Hall–Kier alpha value is -1.20. The Morgan fingerprint density at radius 2 is 2.44 bits per heavy atom. The van der Waals surface area contributed by atoms with E-state index in [1.165, 1.54) is 0 Å². The largest absolute Gasteiger partial charge is 0.480 e. The van der Waals surface area contributed by atoms with Crippen molar-refractivity contribution in [3.05, 3.63) is 28.8 Å². The number of aliphatic imine (C=N–C) groups is 1. The van der Waals surface area contributed by atoms with E-state index >= 15 is 0 Å². The van der Waals surface area contributed by atoms with E-state index in [0.717, 1.165) is 23.6 Å². The van der Waals surface area contributed by atoms with Gasteiger partial charge in [-0.25, -0.2) is 0 Å². The molecule has 1 N–H and O–H groups in total. The average molecular weight is 283 g/mol. The number of rotatable bonds is 1. The molecule has 0 fully saturated rings. The Kier molecular flexibility index (Phi) is 3.18. The van der Waals surface area contributed by atoms with Gasteiger partial charge in [-0.05, 0) is 23.8 Å². The van der Waals surface area contributed by atoms with Gasteiger partial charge < -0.3 is 10.1 Å². The highest BCUT2D eigenvalue weighted by molar-refractivity contribution is 8.14. The van der Waals surface area contributed by atoms with Crippen molar-refractivity contribution >= 4 is 34.4 Å². The molecule has 1 atom stereocenters. The van der Waals surface area contributed by atoms with Gasteiger partial charge in [0.05, 0.1) is 6.54 Å². The van der Waals surface area contributed by atoms with Gasteiger partial charge in [0, 0.05) is 17.2 Å². The molecule has 0 aromatic heterocycles. The highest BCUT2D eigenvalue weighted by Gasteiger charge is 2.30. The zero-order chi connectivity index (χ0) is 12.5. The number of nitrogens with one attached hydrogen (secondary N) is 1. The average Bonchev–Trinajstić information content (AvgIpc) is 2.96. The fourth-order valence-corrected chi connectivity index (χ4v) is 2.89. The van der Waals surface area contributed by atoms with Crippen LogP contribution in [-0.2, 0) is 11.2 Å². The second kappa shape index (κ2) is 4.82. The van der Waals surface area contributed by atoms with Crippen LogP contribution in [0.15, 0.2) is 23.2 Å². The van der Waals surface area contributed by atoms with Gasteiger partial charge in [0.2, 0.25) is 0 Å². The molecule has 0 radical (unpaired) electrons. The van der Waals surface area contributed by atoms with Gasteiger partial charge in [0.1, 0.15) is 5.75 Å². The molecule has 94 valence electrons. The molecule has 0 spiro atoms. The maximum atomic E-state index is 12.0. The minimum absolute atomic E-state index is 0.143. The molecule has 0 saturated carbocycles. The summed E-state index contributed by atoms with van der Waals surface area (Å²) in [4.78, 5) is 16.2. The number of fused-ring (bicyclic) bond motifs is 1. The van der Waals surface area contributed by atoms with Crippen LogP contribution < -0.4 is 10.1 Å². The van der Waals surface area contributed by atoms with E-state index in [4.69, 9.17) is 16.3 Å². The summed E-state index contributed by atoms with van der Waals surface area (Å²) in [5.41, 5.74) is 0.976. The van der Waals surface area contributed by atoms with Gasteiger partial charge in [-0.3, -0.25) is 9.79 Å². The first-order chi connectivity index (χ1) is 8.72. The van der Waals surface area contributed by atoms with E-state index in [9.17, 15) is 4.79 Å². The van der Waals surface area contributed by atoms with Gasteiger partial charge in [0.25, 0.3) is 5.91 Å². The fraction of sp³-hybridized carbons (Fsp3) is 0.333. The van der Waals surface area contributed by atoms with Crippen molar-refractivity contribution in [1.29, 1.82) is 0 Å². The van der Waals surface area contributed by atoms with Gasteiger partial charge in [-0.2, -0.15) is 0 Å². The molecule has 6 heteroatoms. The number of halogens is 1. The molecule has 0 unspecified atom stereocenters. The zero-order valence-corrected chi connectivity index (χ0v) is 11.1. The monoisotopic (exact) mass is 282 g/mol. The van der Waals surface area contributed by atoms with E-state index in [0.29, 0.717) is 16.6 Å². The van der Waals surface area contributed by atoms with Crippen LogP contribution in [0.3, 0.4) is 0 Å². The first kappa shape index (κ1) is 11.9. The van der Waals surface area contributed by atoms with Crippen molar-refractivity contribution in [1.82, 2.24) is 5.32 Å². The fourth-order valence-electron chi connectivity index (χ4n) is 1.96. The lowest BCUT2D eigenvalue weighted by Gasteiger charge is -2.10. The van der Waals surface area contributed by atoms with Crippen molar-refractivity contribution in [2.45, 2.75) is 12.5 Å². The number of amidine groups is 1. The highest BCUT2D eigenvalue weighted by atomic mass is 35.5. The van der Waals surface area contributed by atoms with Crippen LogP contribution in [0.2, 0.25) is 5.02 Å². The molecular weight excluding hydrogens is 272 g/mol. The maximum Gasteiger partial charge on any atom is 0.267 e. The lowest BCUT2D eigenvalue weighted by Crippen LogP contribution is -2.39. The predicted molar refractivity (Wildman–Crippen MR) is 72.5 cm³/mol. The lowest BCUT2D eigenvalue weighted by atomic mass is 10.1. The van der Waals surface area contributed by atoms with Gasteiger partial charge in [0.15, 0.2) is 11.3 Å². The van der Waals surface area contributed by atoms with E-state index in [1.54, 1.807) is 23.9 Å². The number of ether oxygens (including phenoxy) is 1. The standard InChI is InChI=1S/C12H11ClN2O2S/c13-8-1-2-9-7(5-8)6-10(17-9)11(16)15-12-14-3-4-18-12/h1-2,5,10H,3-4,6H2,(H,14,15,16)/t10-/m1/s1. The number of amides is 1. The number of carbonyl (C=O) groups excluding carboxylic acids is 1. The number of nitrogens with zero attached hydrogens (tertiary/aromatic N) is 1. The number of benzene rings is 1. The summed E-state index contributed by atoms with van der Waals surface area (Å²) in [5.74, 6) is 1.52. The summed E-state index contributed by atoms with van der Waals surface area (Å²) in [6, 6.07) is 5.40. The molecule has 4 nitrogen and oxygen atoms in total. The number of thioether (sulfide) groups is 1. The first-order valence-corrected chi connectivity index (χ1v) is 7.02. The first-order valence-electron chi connectivity index (χ1n) is 5.65. The smallest absolute Gasteiger partial charge is 0.267 e. The summed E-state index contributed by atoms with van der Waals surface area (Å²) < 4.78 is 5.60. The Balaban J connectivity index is 1.68. The van der Waals surface area contributed by atoms with E-state index < -0.39 is 6.10 Å². The molecular formula is C12H11ClN2O2S. The second-order valence-electron chi connectivity index (χ2n) is 4.09. The Bertz CT molecular complexity index is 533. The minimum Gasteiger partial charge on any atom is -0.480 e. The molecule has 0 saturated heterocycles. The predicted octanol–water partition coefficient (Wildman–Crippen LogP) is 1.86. The zero-order valence-electron chi connectivity index (χ0n) is 9.48. The summed E-state index contributed by atoms with van der Waals surface area (Å²) in [6.45, 7) is 0.766. The third-order valence-corrected chi connectivity index (χ3v) is 3.93. The summed E-state index contributed by atoms with van der Waals surface area (Å²) in [6.07, 6.45) is 0.0713. The van der Waals surface area contributed by atoms with Crippen LogP contribution in [0, 0.1) is 0 Å². The molecule has 2 heterocycles. The topological polar surface area (TPSA) is 50.7 Å². The third kappa shape index (κ3) is 2.33. The van der Waals surface area contributed by atoms with Gasteiger partial charge >= 0.3 is 0 Å². The van der Waals surface area contributed by atoms with Gasteiger partial charge in [-0.1, -0.05) is 23.4 Å². The highest BCUT2D eigenvalue weighted by Crippen LogP contribution is 2.31. The quantitative estimate of drug-likeness (QED) is 0.855. The Morgan fingerprint density at radius 1 is 1.56 bits per heavy atom. The van der Waals surface area contributed by atoms with Crippen molar-refractivity contribution in [3.8, 4) is 5.75 Å². The Labute approximate surface area is 114 Å². The van der Waals surface area contributed by atoms with Crippen molar-refractivity contribution in [2.75, 3.05) is 12.3 Å². The molecule has 2 aliphatic rings. The van der Waals surface area contributed by atoms with E-state index in [2.05, 4.69) is 10.3 Å². The van der Waals surface area contributed by atoms with Crippen LogP contribution in [0.25, 0.3) is 0 Å². The van der Waals surface area contributed by atoms with E-state index in [-0.39, 0.29) is 5.91 Å². The molecule has 1 aromatic carbocycles. The molecule has 0 bridgehead atoms. The molecule has 1 amide bonds.